The molecule has 0 bridgehead atoms. The molecule has 2 aromatic rings. The zero-order valence-electron chi connectivity index (χ0n) is 20.9. The molecule has 0 amide bonds. The van der Waals surface area contributed by atoms with Crippen LogP contribution in [0.4, 0.5) is 26.3 Å². The lowest BCUT2D eigenvalue weighted by Gasteiger charge is -2.49. The molecule has 3 aliphatic rings. The SMILES string of the molecule is CC1OCCC2Oc3ccc(-c4cncc(Cl)c4)cc3C3(CSC(N)=N3)C12.O=C(O)C(F)(F)F.O=C(O)C(F)(F)F. The zero-order valence-corrected chi connectivity index (χ0v) is 22.4. The van der Waals surface area contributed by atoms with Crippen molar-refractivity contribution < 1.29 is 55.6 Å². The number of carboxylic acids is 2. The number of nitrogens with two attached hydrogens (primary N) is 1. The quantitative estimate of drug-likeness (QED) is 0.367. The number of hydrogen-bond donors (Lipinski definition) is 3. The van der Waals surface area contributed by atoms with E-state index in [1.165, 1.54) is 0 Å². The first kappa shape index (κ1) is 32.3. The number of ether oxygens (including phenoxy) is 2. The number of halogens is 7. The van der Waals surface area contributed by atoms with E-state index in [1.807, 2.05) is 18.3 Å². The third-order valence-corrected chi connectivity index (χ3v) is 7.42. The van der Waals surface area contributed by atoms with Crippen LogP contribution in [-0.2, 0) is 19.9 Å². The molecule has 4 unspecified atom stereocenters. The number of nitrogens with zero attached hydrogens (tertiary/aromatic N) is 2. The monoisotopic (exact) mass is 629 g/mol. The van der Waals surface area contributed by atoms with Crippen LogP contribution in [0.5, 0.6) is 5.75 Å². The molecule has 0 aliphatic carbocycles. The molecule has 9 nitrogen and oxygen atoms in total. The number of fused-ring (bicyclic) bond motifs is 4. The fourth-order valence-corrected chi connectivity index (χ4v) is 5.78. The molecule has 4 N–H and O–H groups in total. The minimum Gasteiger partial charge on any atom is -0.489 e. The van der Waals surface area contributed by atoms with E-state index in [4.69, 9.17) is 51.6 Å². The smallest absolute Gasteiger partial charge is 0.489 e. The van der Waals surface area contributed by atoms with Crippen molar-refractivity contribution in [1.82, 2.24) is 4.98 Å². The normalized spacial score (nSPS) is 24.8. The Balaban J connectivity index is 0.000000276. The molecule has 1 spiro atoms. The summed E-state index contributed by atoms with van der Waals surface area (Å²) >= 11 is 7.75. The minimum absolute atomic E-state index is 0.0589. The zero-order chi connectivity index (χ0) is 30.8. The van der Waals surface area contributed by atoms with Gasteiger partial charge in [-0.2, -0.15) is 26.3 Å². The maximum atomic E-state index is 10.6. The van der Waals surface area contributed by atoms with Crippen LogP contribution in [0.2, 0.25) is 5.02 Å². The van der Waals surface area contributed by atoms with Crippen molar-refractivity contribution in [3.8, 4) is 16.9 Å². The molecule has 1 saturated heterocycles. The number of benzene rings is 1. The number of aliphatic imine (C=N–C) groups is 1. The van der Waals surface area contributed by atoms with Crippen LogP contribution >= 0.6 is 23.4 Å². The van der Waals surface area contributed by atoms with Crippen molar-refractivity contribution in [2.45, 2.75) is 43.4 Å². The van der Waals surface area contributed by atoms with Crippen molar-refractivity contribution in [3.05, 3.63) is 47.2 Å². The third kappa shape index (κ3) is 7.54. The number of aromatic nitrogens is 1. The van der Waals surface area contributed by atoms with Gasteiger partial charge in [-0.25, -0.2) is 14.6 Å². The Morgan fingerprint density at radius 2 is 1.68 bits per heavy atom. The molecule has 0 radical (unpaired) electrons. The van der Waals surface area contributed by atoms with E-state index >= 15 is 0 Å². The van der Waals surface area contributed by atoms with Crippen LogP contribution in [0.3, 0.4) is 0 Å². The van der Waals surface area contributed by atoms with E-state index in [0.717, 1.165) is 34.6 Å². The lowest BCUT2D eigenvalue weighted by molar-refractivity contribution is -0.193. The van der Waals surface area contributed by atoms with Gasteiger partial charge >= 0.3 is 24.3 Å². The van der Waals surface area contributed by atoms with Gasteiger partial charge in [0.25, 0.3) is 0 Å². The highest BCUT2D eigenvalue weighted by Crippen LogP contribution is 2.54. The molecule has 17 heteroatoms. The van der Waals surface area contributed by atoms with E-state index < -0.39 is 29.8 Å². The molecular weight excluding hydrogens is 608 g/mol. The van der Waals surface area contributed by atoms with Gasteiger partial charge in [0.15, 0.2) is 5.17 Å². The highest BCUT2D eigenvalue weighted by atomic mass is 35.5. The molecule has 5 rings (SSSR count). The van der Waals surface area contributed by atoms with Crippen LogP contribution in [0.1, 0.15) is 18.9 Å². The van der Waals surface area contributed by atoms with Gasteiger partial charge in [0.2, 0.25) is 0 Å². The van der Waals surface area contributed by atoms with Crippen molar-refractivity contribution in [2.24, 2.45) is 16.6 Å². The van der Waals surface area contributed by atoms with Gasteiger partial charge in [-0.15, -0.1) is 0 Å². The van der Waals surface area contributed by atoms with Crippen LogP contribution in [-0.4, -0.2) is 69.2 Å². The summed E-state index contributed by atoms with van der Waals surface area (Å²) in [6.45, 7) is 2.83. The highest BCUT2D eigenvalue weighted by molar-refractivity contribution is 8.14. The van der Waals surface area contributed by atoms with Crippen LogP contribution in [0, 0.1) is 5.92 Å². The van der Waals surface area contributed by atoms with Crippen LogP contribution in [0.25, 0.3) is 11.1 Å². The van der Waals surface area contributed by atoms with E-state index in [1.54, 1.807) is 18.0 Å². The number of carboxylic acid groups (broad SMARTS) is 2. The number of alkyl halides is 6. The fraction of sp³-hybridized carbons (Fsp3) is 0.417. The van der Waals surface area contributed by atoms with Gasteiger partial charge in [0.05, 0.1) is 23.7 Å². The number of carbonyl (C=O) groups is 2. The van der Waals surface area contributed by atoms with Crippen molar-refractivity contribution in [1.29, 1.82) is 0 Å². The summed E-state index contributed by atoms with van der Waals surface area (Å²) in [5.41, 5.74) is 8.80. The predicted molar refractivity (Wildman–Crippen MR) is 136 cm³/mol. The number of rotatable bonds is 1. The van der Waals surface area contributed by atoms with Gasteiger partial charge in [0.1, 0.15) is 17.4 Å². The lowest BCUT2D eigenvalue weighted by Crippen LogP contribution is -2.55. The maximum Gasteiger partial charge on any atom is 0.490 e. The van der Waals surface area contributed by atoms with E-state index in [0.29, 0.717) is 16.8 Å². The third-order valence-electron chi connectivity index (χ3n) is 6.24. The topological polar surface area (TPSA) is 144 Å². The molecular formula is C24H22ClF6N3O6S. The molecule has 4 atom stereocenters. The molecule has 0 saturated carbocycles. The highest BCUT2D eigenvalue weighted by Gasteiger charge is 2.56. The van der Waals surface area contributed by atoms with Gasteiger partial charge in [-0.05, 0) is 30.7 Å². The van der Waals surface area contributed by atoms with Crippen LogP contribution < -0.4 is 10.5 Å². The molecule has 1 aromatic heterocycles. The molecule has 1 aromatic carbocycles. The lowest BCUT2D eigenvalue weighted by atomic mass is 9.70. The maximum absolute atomic E-state index is 10.6. The van der Waals surface area contributed by atoms with E-state index in [2.05, 4.69) is 24.0 Å². The Morgan fingerprint density at radius 3 is 2.20 bits per heavy atom. The minimum atomic E-state index is -5.08. The average molecular weight is 630 g/mol. The van der Waals surface area contributed by atoms with Crippen molar-refractivity contribution in [2.75, 3.05) is 12.4 Å². The van der Waals surface area contributed by atoms with Gasteiger partial charge in [-0.1, -0.05) is 29.4 Å². The van der Waals surface area contributed by atoms with Crippen molar-refractivity contribution in [3.63, 3.8) is 0 Å². The number of pyridine rings is 1. The Morgan fingerprint density at radius 1 is 1.07 bits per heavy atom. The Kier molecular flexibility index (Phi) is 9.70. The second-order valence-electron chi connectivity index (χ2n) is 8.92. The Hall–Kier alpha value is -3.24. The summed E-state index contributed by atoms with van der Waals surface area (Å²) in [4.78, 5) is 27.0. The first-order valence-electron chi connectivity index (χ1n) is 11.6. The molecule has 1 fully saturated rings. The molecule has 41 heavy (non-hydrogen) atoms. The second-order valence-corrected chi connectivity index (χ2v) is 10.4. The number of amidine groups is 1. The molecule has 224 valence electrons. The summed E-state index contributed by atoms with van der Waals surface area (Å²) in [6, 6.07) is 8.17. The first-order chi connectivity index (χ1) is 19.0. The number of aliphatic carboxylic acids is 2. The Bertz CT molecular complexity index is 1300. The van der Waals surface area contributed by atoms with Crippen molar-refractivity contribution >= 4 is 40.5 Å². The summed E-state index contributed by atoms with van der Waals surface area (Å²) < 4.78 is 75.9. The van der Waals surface area contributed by atoms with Gasteiger partial charge < -0.3 is 25.4 Å². The van der Waals surface area contributed by atoms with Gasteiger partial charge in [-0.3, -0.25) is 4.98 Å². The fourth-order valence-electron chi connectivity index (χ4n) is 4.60. The Labute approximate surface area is 237 Å². The summed E-state index contributed by atoms with van der Waals surface area (Å²) in [7, 11) is 0. The van der Waals surface area contributed by atoms with E-state index in [9.17, 15) is 26.3 Å². The largest absolute Gasteiger partial charge is 0.490 e. The molecule has 3 aliphatic heterocycles. The summed E-state index contributed by atoms with van der Waals surface area (Å²) in [5.74, 6) is -3.68. The van der Waals surface area contributed by atoms with Crippen LogP contribution in [0.15, 0.2) is 41.7 Å². The standard InChI is InChI=1S/C20H20ClN3O2S.2C2HF3O2/c1-11-18-17(4-5-25-11)26-16-3-2-12(13-6-14(21)9-23-8-13)7-15(16)20(18)10-27-19(22)24-20;2*3-2(4,5)1(6)7/h2-3,6-9,11,17-18H,4-5,10H2,1H3,(H2,22,24);2*(H,6,7). The first-order valence-corrected chi connectivity index (χ1v) is 12.9. The number of thioether (sulfide) groups is 1. The average Bonchev–Trinajstić information content (AvgIpc) is 3.25. The second kappa shape index (κ2) is 12.3. The molecule has 4 heterocycles. The summed E-state index contributed by atoms with van der Waals surface area (Å²) in [5, 5.41) is 15.5. The van der Waals surface area contributed by atoms with Gasteiger partial charge in [0, 0.05) is 35.7 Å². The summed E-state index contributed by atoms with van der Waals surface area (Å²) in [6.07, 6.45) is -5.69. The number of hydrogen-bond acceptors (Lipinski definition) is 8. The predicted octanol–water partition coefficient (Wildman–Crippen LogP) is 5.11. The van der Waals surface area contributed by atoms with E-state index in [-0.39, 0.29) is 18.1 Å².